The minimum atomic E-state index is -1.52. The molecule has 5 nitrogen and oxygen atoms in total. The molecule has 0 aromatic carbocycles. The molecule has 0 aliphatic carbocycles. The Morgan fingerprint density at radius 2 is 2.00 bits per heavy atom. The van der Waals surface area contributed by atoms with Gasteiger partial charge in [-0.1, -0.05) is 6.92 Å². The van der Waals surface area contributed by atoms with E-state index >= 15 is 0 Å². The average molecular weight is 252 g/mol. The van der Waals surface area contributed by atoms with Crippen LogP contribution in [0.5, 0.6) is 0 Å². The van der Waals surface area contributed by atoms with Crippen LogP contribution in [-0.4, -0.2) is 50.2 Å². The van der Waals surface area contributed by atoms with Crippen molar-refractivity contribution in [1.82, 2.24) is 0 Å². The van der Waals surface area contributed by atoms with E-state index in [1.807, 2.05) is 0 Å². The van der Waals surface area contributed by atoms with E-state index in [0.29, 0.717) is 6.42 Å². The van der Waals surface area contributed by atoms with Gasteiger partial charge in [0.15, 0.2) is 0 Å². The molecule has 6 heteroatoms. The molecular weight excluding hydrogens is 232 g/mol. The van der Waals surface area contributed by atoms with Crippen molar-refractivity contribution in [3.05, 3.63) is 0 Å². The van der Waals surface area contributed by atoms with Gasteiger partial charge in [-0.05, 0) is 20.3 Å². The predicted octanol–water partition coefficient (Wildman–Crippen LogP) is -0.182. The van der Waals surface area contributed by atoms with Crippen molar-refractivity contribution in [2.75, 3.05) is 12.4 Å². The number of aliphatic hydroxyl groups excluding tert-OH is 2. The largest absolute Gasteiger partial charge is 0.462 e. The van der Waals surface area contributed by atoms with Crippen LogP contribution in [0.25, 0.3) is 0 Å². The molecule has 0 fully saturated rings. The summed E-state index contributed by atoms with van der Waals surface area (Å²) < 4.78 is 16.7. The number of esters is 1. The smallest absolute Gasteiger partial charge is 0.321 e. The number of rotatable bonds is 7. The fourth-order valence-electron chi connectivity index (χ4n) is 1.13. The number of carbonyl (C=O) groups is 1. The van der Waals surface area contributed by atoms with Crippen LogP contribution in [0.2, 0.25) is 0 Å². The van der Waals surface area contributed by atoms with Gasteiger partial charge in [-0.2, -0.15) is 0 Å². The van der Waals surface area contributed by atoms with Crippen molar-refractivity contribution >= 4 is 16.8 Å². The zero-order chi connectivity index (χ0) is 12.7. The SMILES string of the molecule is CCC(C(=O)OC(C)C)S(=O)CC(O)CO. The Hall–Kier alpha value is -0.460. The van der Waals surface area contributed by atoms with E-state index in [0.717, 1.165) is 0 Å². The molecule has 3 unspecified atom stereocenters. The summed E-state index contributed by atoms with van der Waals surface area (Å²) in [6.45, 7) is 4.71. The quantitative estimate of drug-likeness (QED) is 0.614. The molecule has 0 aliphatic heterocycles. The summed E-state index contributed by atoms with van der Waals surface area (Å²) in [7, 11) is -1.52. The van der Waals surface area contributed by atoms with Crippen molar-refractivity contribution in [1.29, 1.82) is 0 Å². The van der Waals surface area contributed by atoms with E-state index < -0.39 is 34.7 Å². The van der Waals surface area contributed by atoms with Gasteiger partial charge in [0.2, 0.25) is 0 Å². The van der Waals surface area contributed by atoms with Gasteiger partial charge in [-0.3, -0.25) is 9.00 Å². The van der Waals surface area contributed by atoms with E-state index in [2.05, 4.69) is 0 Å². The van der Waals surface area contributed by atoms with Gasteiger partial charge in [-0.15, -0.1) is 0 Å². The Bertz CT molecular complexity index is 241. The number of hydrogen-bond acceptors (Lipinski definition) is 5. The summed E-state index contributed by atoms with van der Waals surface area (Å²) >= 11 is 0. The van der Waals surface area contributed by atoms with Crippen LogP contribution >= 0.6 is 0 Å². The van der Waals surface area contributed by atoms with E-state index in [1.165, 1.54) is 0 Å². The molecule has 0 rings (SSSR count). The second-order valence-corrected chi connectivity index (χ2v) is 5.43. The molecule has 3 atom stereocenters. The molecule has 0 saturated carbocycles. The van der Waals surface area contributed by atoms with E-state index in [1.54, 1.807) is 20.8 Å². The lowest BCUT2D eigenvalue weighted by Gasteiger charge is -2.17. The second kappa shape index (κ2) is 7.76. The Kier molecular flexibility index (Phi) is 7.53. The van der Waals surface area contributed by atoms with Crippen molar-refractivity contribution in [3.63, 3.8) is 0 Å². The molecule has 2 N–H and O–H groups in total. The van der Waals surface area contributed by atoms with Gasteiger partial charge in [0.1, 0.15) is 5.25 Å². The highest BCUT2D eigenvalue weighted by molar-refractivity contribution is 7.86. The monoisotopic (exact) mass is 252 g/mol. The Labute approximate surface area is 98.3 Å². The van der Waals surface area contributed by atoms with Gasteiger partial charge in [0.25, 0.3) is 0 Å². The van der Waals surface area contributed by atoms with E-state index in [4.69, 9.17) is 14.9 Å². The molecule has 0 heterocycles. The molecule has 16 heavy (non-hydrogen) atoms. The fraction of sp³-hybridized carbons (Fsp3) is 0.900. The van der Waals surface area contributed by atoms with Crippen molar-refractivity contribution in [2.24, 2.45) is 0 Å². The Morgan fingerprint density at radius 3 is 2.38 bits per heavy atom. The van der Waals surface area contributed by atoms with E-state index in [9.17, 15) is 9.00 Å². The van der Waals surface area contributed by atoms with Crippen LogP contribution < -0.4 is 0 Å². The fourth-order valence-corrected chi connectivity index (χ4v) is 2.49. The first kappa shape index (κ1) is 15.5. The molecule has 0 bridgehead atoms. The number of ether oxygens (including phenoxy) is 1. The topological polar surface area (TPSA) is 83.8 Å². The molecule has 0 amide bonds. The number of carbonyl (C=O) groups excluding carboxylic acids is 1. The number of hydrogen-bond donors (Lipinski definition) is 2. The summed E-state index contributed by atoms with van der Waals surface area (Å²) in [5.41, 5.74) is 0. The summed E-state index contributed by atoms with van der Waals surface area (Å²) in [6, 6.07) is 0. The minimum absolute atomic E-state index is 0.109. The maximum Gasteiger partial charge on any atom is 0.321 e. The van der Waals surface area contributed by atoms with Crippen LogP contribution in [0, 0.1) is 0 Å². The highest BCUT2D eigenvalue weighted by atomic mass is 32.2. The van der Waals surface area contributed by atoms with Crippen LogP contribution in [-0.2, 0) is 20.3 Å². The highest BCUT2D eigenvalue weighted by Gasteiger charge is 2.26. The van der Waals surface area contributed by atoms with Crippen LogP contribution in [0.15, 0.2) is 0 Å². The van der Waals surface area contributed by atoms with Gasteiger partial charge in [0.05, 0.1) is 24.6 Å². The normalized spacial score (nSPS) is 16.9. The Morgan fingerprint density at radius 1 is 1.44 bits per heavy atom. The molecule has 0 aromatic heterocycles. The second-order valence-electron chi connectivity index (χ2n) is 3.77. The third-order valence-electron chi connectivity index (χ3n) is 1.87. The molecule has 0 aliphatic rings. The summed E-state index contributed by atoms with van der Waals surface area (Å²) in [5.74, 6) is -0.622. The first-order valence-electron chi connectivity index (χ1n) is 5.28. The summed E-state index contributed by atoms with van der Waals surface area (Å²) in [5, 5.41) is 17.0. The van der Waals surface area contributed by atoms with Crippen molar-refractivity contribution < 1.29 is 24.0 Å². The third kappa shape index (κ3) is 5.58. The molecule has 0 radical (unpaired) electrons. The maximum absolute atomic E-state index is 11.7. The van der Waals surface area contributed by atoms with Crippen molar-refractivity contribution in [2.45, 2.75) is 44.6 Å². The average Bonchev–Trinajstić information content (AvgIpc) is 2.17. The first-order valence-corrected chi connectivity index (χ1v) is 6.67. The molecule has 0 saturated heterocycles. The summed E-state index contributed by atoms with van der Waals surface area (Å²) in [4.78, 5) is 11.5. The van der Waals surface area contributed by atoms with Crippen LogP contribution in [0.4, 0.5) is 0 Å². The van der Waals surface area contributed by atoms with E-state index in [-0.39, 0.29) is 11.9 Å². The third-order valence-corrected chi connectivity index (χ3v) is 3.74. The van der Waals surface area contributed by atoms with Gasteiger partial charge in [0, 0.05) is 10.8 Å². The van der Waals surface area contributed by atoms with Crippen LogP contribution in [0.1, 0.15) is 27.2 Å². The predicted molar refractivity (Wildman–Crippen MR) is 61.4 cm³/mol. The first-order chi connectivity index (χ1) is 7.42. The van der Waals surface area contributed by atoms with Gasteiger partial charge < -0.3 is 14.9 Å². The van der Waals surface area contributed by atoms with Crippen LogP contribution in [0.3, 0.4) is 0 Å². The maximum atomic E-state index is 11.7. The molecular formula is C10H20O5S. The summed E-state index contributed by atoms with van der Waals surface area (Å²) in [6.07, 6.45) is -0.918. The minimum Gasteiger partial charge on any atom is -0.462 e. The zero-order valence-electron chi connectivity index (χ0n) is 9.88. The lowest BCUT2D eigenvalue weighted by molar-refractivity contribution is -0.146. The molecule has 0 spiro atoms. The van der Waals surface area contributed by atoms with Gasteiger partial charge in [-0.25, -0.2) is 0 Å². The lowest BCUT2D eigenvalue weighted by Crippen LogP contribution is -2.34. The number of aliphatic hydroxyl groups is 2. The van der Waals surface area contributed by atoms with Crippen molar-refractivity contribution in [3.8, 4) is 0 Å². The highest BCUT2D eigenvalue weighted by Crippen LogP contribution is 2.08. The lowest BCUT2D eigenvalue weighted by atomic mass is 10.3. The molecule has 96 valence electrons. The standard InChI is InChI=1S/C10H20O5S/c1-4-9(10(13)15-7(2)3)16(14)6-8(12)5-11/h7-9,11-12H,4-6H2,1-3H3. The zero-order valence-corrected chi connectivity index (χ0v) is 10.7. The molecule has 0 aromatic rings. The van der Waals surface area contributed by atoms with Gasteiger partial charge >= 0.3 is 5.97 Å². The Balaban J connectivity index is 4.36.